The number of nitrogens with one attached hydrogen (secondary N) is 1. The Labute approximate surface area is 210 Å². The summed E-state index contributed by atoms with van der Waals surface area (Å²) in [6, 6.07) is 15.6. The van der Waals surface area contributed by atoms with Crippen molar-refractivity contribution in [1.82, 2.24) is 0 Å². The molecule has 0 saturated carbocycles. The second-order valence-corrected chi connectivity index (χ2v) is 9.21. The van der Waals surface area contributed by atoms with Gasteiger partial charge in [0.1, 0.15) is 23.8 Å². The number of methoxy groups -OCH3 is 5. The molecule has 0 aliphatic carbocycles. The lowest BCUT2D eigenvalue weighted by atomic mass is 10.2. The van der Waals surface area contributed by atoms with Crippen molar-refractivity contribution in [3.8, 4) is 28.7 Å². The Bertz CT molecular complexity index is 1330. The van der Waals surface area contributed by atoms with Crippen molar-refractivity contribution in [3.05, 3.63) is 60.7 Å². The minimum absolute atomic E-state index is 0.112. The molecule has 0 unspecified atom stereocenters. The van der Waals surface area contributed by atoms with Crippen LogP contribution in [0.1, 0.15) is 0 Å². The lowest BCUT2D eigenvalue weighted by Crippen LogP contribution is -2.38. The number of hydrogen-bond acceptors (Lipinski definition) is 8. The zero-order chi connectivity index (χ0) is 26.3. The van der Waals surface area contributed by atoms with Crippen molar-refractivity contribution in [2.45, 2.75) is 4.90 Å². The van der Waals surface area contributed by atoms with Crippen molar-refractivity contribution in [2.24, 2.45) is 0 Å². The molecule has 0 aliphatic heterocycles. The van der Waals surface area contributed by atoms with Gasteiger partial charge in [-0.15, -0.1) is 0 Å². The van der Waals surface area contributed by atoms with Crippen molar-refractivity contribution in [2.75, 3.05) is 51.7 Å². The highest BCUT2D eigenvalue weighted by molar-refractivity contribution is 7.92. The number of carbonyl (C=O) groups is 1. The number of carbonyl (C=O) groups excluding carboxylic acids is 1. The molecule has 0 spiro atoms. The van der Waals surface area contributed by atoms with Crippen LogP contribution in [0.3, 0.4) is 0 Å². The average Bonchev–Trinajstić information content (AvgIpc) is 2.90. The van der Waals surface area contributed by atoms with Crippen molar-refractivity contribution >= 4 is 27.3 Å². The van der Waals surface area contributed by atoms with Crippen LogP contribution in [0.2, 0.25) is 0 Å². The van der Waals surface area contributed by atoms with Crippen LogP contribution in [-0.2, 0) is 14.8 Å². The fraction of sp³-hybridized carbons (Fsp3) is 0.240. The van der Waals surface area contributed by atoms with Gasteiger partial charge in [0.15, 0.2) is 11.5 Å². The minimum Gasteiger partial charge on any atom is -0.497 e. The second kappa shape index (κ2) is 11.5. The van der Waals surface area contributed by atoms with Crippen LogP contribution in [-0.4, -0.2) is 56.4 Å². The largest absolute Gasteiger partial charge is 0.497 e. The van der Waals surface area contributed by atoms with Gasteiger partial charge in [-0.2, -0.15) is 0 Å². The molecule has 3 aromatic carbocycles. The molecule has 0 fully saturated rings. The maximum Gasteiger partial charge on any atom is 0.265 e. The zero-order valence-corrected chi connectivity index (χ0v) is 21.4. The first-order chi connectivity index (χ1) is 17.3. The summed E-state index contributed by atoms with van der Waals surface area (Å²) in [6.45, 7) is -0.558. The van der Waals surface area contributed by atoms with E-state index in [4.69, 9.17) is 23.7 Å². The minimum atomic E-state index is -4.29. The molecule has 11 heteroatoms. The van der Waals surface area contributed by atoms with Gasteiger partial charge in [0.2, 0.25) is 5.91 Å². The van der Waals surface area contributed by atoms with E-state index in [1.54, 1.807) is 36.4 Å². The number of hydrogen-bond donors (Lipinski definition) is 1. The van der Waals surface area contributed by atoms with E-state index in [1.807, 2.05) is 0 Å². The fourth-order valence-electron chi connectivity index (χ4n) is 3.43. The first kappa shape index (κ1) is 26.5. The summed E-state index contributed by atoms with van der Waals surface area (Å²) < 4.78 is 55.1. The van der Waals surface area contributed by atoms with E-state index in [2.05, 4.69) is 5.32 Å². The highest BCUT2D eigenvalue weighted by Gasteiger charge is 2.31. The number of sulfonamides is 1. The molecule has 0 saturated heterocycles. The third-order valence-corrected chi connectivity index (χ3v) is 6.99. The Kier molecular flexibility index (Phi) is 8.49. The number of amides is 1. The quantitative estimate of drug-likeness (QED) is 0.412. The summed E-state index contributed by atoms with van der Waals surface area (Å²) in [6.07, 6.45) is 0. The van der Waals surface area contributed by atoms with E-state index < -0.39 is 22.5 Å². The normalized spacial score (nSPS) is 10.8. The molecule has 3 rings (SSSR count). The van der Waals surface area contributed by atoms with Crippen molar-refractivity contribution in [1.29, 1.82) is 0 Å². The summed E-state index contributed by atoms with van der Waals surface area (Å²) in [5.41, 5.74) is 0.563. The van der Waals surface area contributed by atoms with Gasteiger partial charge in [-0.3, -0.25) is 9.10 Å². The predicted octanol–water partition coefficient (Wildman–Crippen LogP) is 3.56. The van der Waals surface area contributed by atoms with Crippen LogP contribution < -0.4 is 33.3 Å². The van der Waals surface area contributed by atoms with E-state index in [0.29, 0.717) is 22.9 Å². The topological polar surface area (TPSA) is 113 Å². The Morgan fingerprint density at radius 3 is 2.03 bits per heavy atom. The van der Waals surface area contributed by atoms with E-state index in [0.717, 1.165) is 4.31 Å². The summed E-state index contributed by atoms with van der Waals surface area (Å²) in [7, 11) is 2.92. The van der Waals surface area contributed by atoms with E-state index in [-0.39, 0.29) is 22.1 Å². The lowest BCUT2D eigenvalue weighted by molar-refractivity contribution is -0.114. The van der Waals surface area contributed by atoms with Crippen molar-refractivity contribution < 1.29 is 36.9 Å². The molecule has 10 nitrogen and oxygen atoms in total. The van der Waals surface area contributed by atoms with Crippen LogP contribution >= 0.6 is 0 Å². The Hall–Kier alpha value is -4.12. The number of ether oxygens (including phenoxy) is 5. The van der Waals surface area contributed by atoms with Gasteiger partial charge >= 0.3 is 0 Å². The second-order valence-electron chi connectivity index (χ2n) is 7.35. The van der Waals surface area contributed by atoms with Crippen LogP contribution in [0.25, 0.3) is 0 Å². The molecule has 0 atom stereocenters. The summed E-state index contributed by atoms with van der Waals surface area (Å²) >= 11 is 0. The zero-order valence-electron chi connectivity index (χ0n) is 20.6. The molecule has 3 aromatic rings. The Morgan fingerprint density at radius 1 is 0.750 bits per heavy atom. The van der Waals surface area contributed by atoms with E-state index >= 15 is 0 Å². The van der Waals surface area contributed by atoms with Gasteiger partial charge in [0, 0.05) is 23.9 Å². The van der Waals surface area contributed by atoms with Gasteiger partial charge in [-0.1, -0.05) is 6.07 Å². The first-order valence-corrected chi connectivity index (χ1v) is 12.1. The predicted molar refractivity (Wildman–Crippen MR) is 135 cm³/mol. The van der Waals surface area contributed by atoms with Crippen molar-refractivity contribution in [3.63, 3.8) is 0 Å². The summed E-state index contributed by atoms with van der Waals surface area (Å²) in [5, 5.41) is 2.71. The number of anilines is 2. The van der Waals surface area contributed by atoms with Crippen LogP contribution in [0.4, 0.5) is 11.4 Å². The molecular weight excluding hydrogens is 488 g/mol. The maximum atomic E-state index is 13.9. The highest BCUT2D eigenvalue weighted by atomic mass is 32.2. The smallest absolute Gasteiger partial charge is 0.265 e. The average molecular weight is 517 g/mol. The molecule has 0 radical (unpaired) electrons. The summed E-state index contributed by atoms with van der Waals surface area (Å²) in [5.74, 6) is 1.14. The van der Waals surface area contributed by atoms with Gasteiger partial charge in [0.05, 0.1) is 46.1 Å². The van der Waals surface area contributed by atoms with Crippen LogP contribution in [0.5, 0.6) is 28.7 Å². The Balaban J connectivity index is 2.08. The molecule has 36 heavy (non-hydrogen) atoms. The van der Waals surface area contributed by atoms with Gasteiger partial charge in [0.25, 0.3) is 10.0 Å². The third kappa shape index (κ3) is 5.74. The number of nitrogens with zero attached hydrogens (tertiary/aromatic N) is 1. The fourth-order valence-corrected chi connectivity index (χ4v) is 4.87. The lowest BCUT2D eigenvalue weighted by Gasteiger charge is -2.26. The third-order valence-electron chi connectivity index (χ3n) is 5.24. The van der Waals surface area contributed by atoms with Crippen LogP contribution in [0, 0.1) is 0 Å². The molecule has 0 heterocycles. The molecule has 0 aliphatic rings. The number of benzene rings is 3. The highest BCUT2D eigenvalue weighted by Crippen LogP contribution is 2.37. The number of rotatable bonds is 11. The molecular formula is C25H28N2O8S. The SMILES string of the molecule is COc1cccc(NC(=O)CN(c2cc(OC)ccc2OC)S(=O)(=O)c2ccc(OC)c(OC)c2)c1. The maximum absolute atomic E-state index is 13.9. The first-order valence-electron chi connectivity index (χ1n) is 10.7. The molecule has 1 amide bonds. The molecule has 0 bridgehead atoms. The van der Waals surface area contributed by atoms with Gasteiger partial charge in [-0.25, -0.2) is 8.42 Å². The van der Waals surface area contributed by atoms with Gasteiger partial charge in [-0.05, 0) is 36.4 Å². The monoisotopic (exact) mass is 516 g/mol. The molecule has 192 valence electrons. The Morgan fingerprint density at radius 2 is 1.39 bits per heavy atom. The van der Waals surface area contributed by atoms with Gasteiger partial charge < -0.3 is 29.0 Å². The summed E-state index contributed by atoms with van der Waals surface area (Å²) in [4.78, 5) is 13.0. The van der Waals surface area contributed by atoms with E-state index in [1.165, 1.54) is 59.8 Å². The molecule has 1 N–H and O–H groups in total. The van der Waals surface area contributed by atoms with Crippen LogP contribution in [0.15, 0.2) is 65.6 Å². The van der Waals surface area contributed by atoms with E-state index in [9.17, 15) is 13.2 Å². The molecule has 0 aromatic heterocycles. The standard InChI is InChI=1S/C25H28N2O8S/c1-31-18-8-6-7-17(13-18)26-25(28)16-27(21-14-19(32-2)9-11-22(21)33-3)36(29,30)20-10-12-23(34-4)24(15-20)35-5/h6-15H,16H2,1-5H3,(H,26,28).